The zero-order valence-corrected chi connectivity index (χ0v) is 14.9. The maximum absolute atomic E-state index is 13.1. The Hall–Kier alpha value is -2.70. The lowest BCUT2D eigenvalue weighted by Crippen LogP contribution is -2.38. The quantitative estimate of drug-likeness (QED) is 0.786. The molecule has 0 radical (unpaired) electrons. The van der Waals surface area contributed by atoms with Gasteiger partial charge in [0.1, 0.15) is 0 Å². The molecular formula is C19H23N5O2. The summed E-state index contributed by atoms with van der Waals surface area (Å²) in [5, 5.41) is 4.19. The fraction of sp³-hybridized carbons (Fsp3) is 0.474. The Bertz CT molecular complexity index is 799. The summed E-state index contributed by atoms with van der Waals surface area (Å²) in [6.07, 6.45) is 9.60. The minimum atomic E-state index is -0.249. The minimum absolute atomic E-state index is 0.0530. The van der Waals surface area contributed by atoms with E-state index >= 15 is 0 Å². The van der Waals surface area contributed by atoms with Crippen LogP contribution in [0.5, 0.6) is 0 Å². The van der Waals surface area contributed by atoms with Crippen LogP contribution in [0, 0.1) is 5.92 Å². The van der Waals surface area contributed by atoms with Crippen molar-refractivity contribution in [2.45, 2.75) is 38.4 Å². The molecule has 2 aromatic rings. The lowest BCUT2D eigenvalue weighted by molar-refractivity contribution is -0.137. The van der Waals surface area contributed by atoms with E-state index in [1.54, 1.807) is 28.2 Å². The van der Waals surface area contributed by atoms with Gasteiger partial charge in [0, 0.05) is 63.3 Å². The Morgan fingerprint density at radius 3 is 2.69 bits per heavy atom. The molecule has 1 saturated carbocycles. The molecule has 0 unspecified atom stereocenters. The van der Waals surface area contributed by atoms with Gasteiger partial charge < -0.3 is 9.80 Å². The summed E-state index contributed by atoms with van der Waals surface area (Å²) < 4.78 is 1.75. The molecule has 1 aliphatic heterocycles. The van der Waals surface area contributed by atoms with Gasteiger partial charge in [0.25, 0.3) is 0 Å². The molecule has 2 aliphatic rings. The third kappa shape index (κ3) is 3.61. The summed E-state index contributed by atoms with van der Waals surface area (Å²) in [5.41, 5.74) is 2.07. The van der Waals surface area contributed by atoms with E-state index in [4.69, 9.17) is 0 Å². The predicted molar refractivity (Wildman–Crippen MR) is 94.5 cm³/mol. The first-order valence-corrected chi connectivity index (χ1v) is 9.05. The number of likely N-dealkylation sites (tertiary alicyclic amines) is 1. The van der Waals surface area contributed by atoms with Gasteiger partial charge in [-0.2, -0.15) is 5.10 Å². The number of hydrogen-bond acceptors (Lipinski definition) is 4. The maximum Gasteiger partial charge on any atom is 0.228 e. The van der Waals surface area contributed by atoms with Crippen molar-refractivity contribution >= 4 is 11.8 Å². The molecule has 0 spiro atoms. The standard InChI is InChI=1S/C19H23N5O2/c1-22-10-15(9-21-22)12-24(17-2-3-17)19(26)16-8-18(25)23(13-16)11-14-4-6-20-7-5-14/h4-7,9-10,16-17H,2-3,8,11-13H2,1H3/t16-/m1/s1. The van der Waals surface area contributed by atoms with Crippen LogP contribution < -0.4 is 0 Å². The van der Waals surface area contributed by atoms with E-state index in [1.165, 1.54) is 0 Å². The van der Waals surface area contributed by atoms with Gasteiger partial charge in [0.15, 0.2) is 0 Å². The Labute approximate surface area is 152 Å². The van der Waals surface area contributed by atoms with Crippen LogP contribution >= 0.6 is 0 Å². The Morgan fingerprint density at radius 2 is 2.04 bits per heavy atom. The third-order valence-corrected chi connectivity index (χ3v) is 5.07. The number of carbonyl (C=O) groups excluding carboxylic acids is 2. The van der Waals surface area contributed by atoms with Crippen molar-refractivity contribution in [3.63, 3.8) is 0 Å². The number of aryl methyl sites for hydroxylation is 1. The Kier molecular flexibility index (Phi) is 4.44. The van der Waals surface area contributed by atoms with Crippen molar-refractivity contribution in [3.05, 3.63) is 48.0 Å². The second kappa shape index (κ2) is 6.90. The zero-order valence-electron chi connectivity index (χ0n) is 14.9. The summed E-state index contributed by atoms with van der Waals surface area (Å²) in [6, 6.07) is 4.12. The number of aromatic nitrogens is 3. The molecule has 2 aromatic heterocycles. The highest BCUT2D eigenvalue weighted by atomic mass is 16.2. The monoisotopic (exact) mass is 353 g/mol. The summed E-state index contributed by atoms with van der Waals surface area (Å²) in [5.74, 6) is -0.0965. The maximum atomic E-state index is 13.1. The lowest BCUT2D eigenvalue weighted by atomic mass is 10.1. The van der Waals surface area contributed by atoms with Gasteiger partial charge in [-0.25, -0.2) is 0 Å². The molecule has 1 saturated heterocycles. The first-order chi connectivity index (χ1) is 12.6. The average molecular weight is 353 g/mol. The van der Waals surface area contributed by atoms with Gasteiger partial charge in [-0.3, -0.25) is 19.3 Å². The normalized spacial score (nSPS) is 19.8. The van der Waals surface area contributed by atoms with E-state index in [1.807, 2.05) is 30.3 Å². The van der Waals surface area contributed by atoms with Crippen molar-refractivity contribution < 1.29 is 9.59 Å². The number of pyridine rings is 1. The van der Waals surface area contributed by atoms with Gasteiger partial charge in [0.05, 0.1) is 12.1 Å². The average Bonchev–Trinajstić information content (AvgIpc) is 3.30. The van der Waals surface area contributed by atoms with E-state index in [9.17, 15) is 9.59 Å². The summed E-state index contributed by atoms with van der Waals surface area (Å²) >= 11 is 0. The van der Waals surface area contributed by atoms with Crippen molar-refractivity contribution in [1.29, 1.82) is 0 Å². The topological polar surface area (TPSA) is 71.3 Å². The number of amides is 2. The van der Waals surface area contributed by atoms with Gasteiger partial charge >= 0.3 is 0 Å². The molecule has 26 heavy (non-hydrogen) atoms. The van der Waals surface area contributed by atoms with Gasteiger partial charge in [-0.1, -0.05) is 0 Å². The van der Waals surface area contributed by atoms with Gasteiger partial charge in [0.2, 0.25) is 11.8 Å². The van der Waals surface area contributed by atoms with Crippen LogP contribution in [-0.4, -0.2) is 49.0 Å². The molecule has 2 fully saturated rings. The molecule has 2 amide bonds. The highest BCUT2D eigenvalue weighted by molar-refractivity contribution is 5.89. The fourth-order valence-electron chi connectivity index (χ4n) is 3.56. The number of rotatable bonds is 6. The second-order valence-corrected chi connectivity index (χ2v) is 7.25. The molecule has 0 bridgehead atoms. The predicted octanol–water partition coefficient (Wildman–Crippen LogP) is 1.35. The van der Waals surface area contributed by atoms with Crippen LogP contribution in [0.3, 0.4) is 0 Å². The molecular weight excluding hydrogens is 330 g/mol. The van der Waals surface area contributed by atoms with Crippen molar-refractivity contribution in [2.24, 2.45) is 13.0 Å². The summed E-state index contributed by atoms with van der Waals surface area (Å²) in [7, 11) is 1.87. The smallest absolute Gasteiger partial charge is 0.228 e. The SMILES string of the molecule is Cn1cc(CN(C(=O)[C@@H]2CC(=O)N(Cc3ccncc3)C2)C2CC2)cn1. The number of hydrogen-bond donors (Lipinski definition) is 0. The molecule has 1 aliphatic carbocycles. The van der Waals surface area contributed by atoms with E-state index in [2.05, 4.69) is 10.1 Å². The minimum Gasteiger partial charge on any atom is -0.338 e. The molecule has 0 N–H and O–H groups in total. The first kappa shape index (κ1) is 16.8. The number of nitrogens with zero attached hydrogens (tertiary/aromatic N) is 5. The third-order valence-electron chi connectivity index (χ3n) is 5.07. The Morgan fingerprint density at radius 1 is 1.27 bits per heavy atom. The molecule has 7 nitrogen and oxygen atoms in total. The Balaban J connectivity index is 1.42. The highest BCUT2D eigenvalue weighted by Gasteiger charge is 2.41. The van der Waals surface area contributed by atoms with Crippen molar-refractivity contribution in [1.82, 2.24) is 24.6 Å². The zero-order chi connectivity index (χ0) is 18.1. The van der Waals surface area contributed by atoms with E-state index < -0.39 is 0 Å². The highest BCUT2D eigenvalue weighted by Crippen LogP contribution is 2.32. The van der Waals surface area contributed by atoms with Crippen LogP contribution in [0.1, 0.15) is 30.4 Å². The largest absolute Gasteiger partial charge is 0.338 e. The van der Waals surface area contributed by atoms with Crippen molar-refractivity contribution in [2.75, 3.05) is 6.54 Å². The van der Waals surface area contributed by atoms with Gasteiger partial charge in [-0.05, 0) is 30.5 Å². The van der Waals surface area contributed by atoms with E-state index in [0.29, 0.717) is 32.1 Å². The summed E-state index contributed by atoms with van der Waals surface area (Å²) in [4.78, 5) is 33.2. The second-order valence-electron chi connectivity index (χ2n) is 7.25. The van der Waals surface area contributed by atoms with Crippen LogP contribution in [0.15, 0.2) is 36.9 Å². The van der Waals surface area contributed by atoms with E-state index in [0.717, 1.165) is 24.0 Å². The molecule has 3 heterocycles. The molecule has 7 heteroatoms. The first-order valence-electron chi connectivity index (χ1n) is 9.05. The van der Waals surface area contributed by atoms with Crippen LogP contribution in [0.2, 0.25) is 0 Å². The van der Waals surface area contributed by atoms with Crippen LogP contribution in [-0.2, 0) is 29.7 Å². The van der Waals surface area contributed by atoms with Crippen LogP contribution in [0.25, 0.3) is 0 Å². The molecule has 136 valence electrons. The molecule has 1 atom stereocenters. The lowest BCUT2D eigenvalue weighted by Gasteiger charge is -2.25. The van der Waals surface area contributed by atoms with Gasteiger partial charge in [-0.15, -0.1) is 0 Å². The fourth-order valence-corrected chi connectivity index (χ4v) is 3.56. The number of carbonyl (C=O) groups is 2. The van der Waals surface area contributed by atoms with Crippen LogP contribution in [0.4, 0.5) is 0 Å². The summed E-state index contributed by atoms with van der Waals surface area (Å²) in [6.45, 7) is 1.61. The molecule has 0 aromatic carbocycles. The van der Waals surface area contributed by atoms with E-state index in [-0.39, 0.29) is 17.7 Å². The molecule has 4 rings (SSSR count). The van der Waals surface area contributed by atoms with Crippen molar-refractivity contribution in [3.8, 4) is 0 Å².